The Morgan fingerprint density at radius 2 is 2.10 bits per heavy atom. The molecule has 0 aliphatic carbocycles. The molecule has 2 aromatic carbocycles. The molecule has 1 aromatic heterocycles. The Morgan fingerprint density at radius 1 is 1.29 bits per heavy atom. The number of hydrogen-bond acceptors (Lipinski definition) is 4. The van der Waals surface area contributed by atoms with Crippen LogP contribution in [0.25, 0.3) is 10.2 Å². The quantitative estimate of drug-likeness (QED) is 0.692. The minimum atomic E-state index is -0.581. The Balaban J connectivity index is 1.90. The van der Waals surface area contributed by atoms with Crippen LogP contribution in [0.3, 0.4) is 0 Å². The molecule has 1 amide bonds. The van der Waals surface area contributed by atoms with Gasteiger partial charge in [-0.3, -0.25) is 10.1 Å². The van der Waals surface area contributed by atoms with E-state index in [1.165, 1.54) is 29.5 Å². The molecule has 0 saturated heterocycles. The minimum Gasteiger partial charge on any atom is -0.298 e. The molecule has 0 aliphatic rings. The highest BCUT2D eigenvalue weighted by atomic mass is 32.1. The molecule has 0 aliphatic heterocycles. The van der Waals surface area contributed by atoms with Crippen molar-refractivity contribution in [1.82, 2.24) is 4.98 Å². The molecule has 0 saturated carbocycles. The van der Waals surface area contributed by atoms with Crippen LogP contribution in [0.4, 0.5) is 9.52 Å². The van der Waals surface area contributed by atoms with E-state index in [0.717, 1.165) is 15.8 Å². The van der Waals surface area contributed by atoms with Crippen LogP contribution in [-0.4, -0.2) is 10.9 Å². The molecule has 21 heavy (non-hydrogen) atoms. The van der Waals surface area contributed by atoms with Crippen LogP contribution >= 0.6 is 24.0 Å². The van der Waals surface area contributed by atoms with Crippen molar-refractivity contribution in [2.24, 2.45) is 0 Å². The molecule has 1 N–H and O–H groups in total. The van der Waals surface area contributed by atoms with Gasteiger partial charge in [0.05, 0.1) is 15.8 Å². The highest BCUT2D eigenvalue weighted by Gasteiger charge is 2.14. The second-order valence-corrected chi connectivity index (χ2v) is 6.16. The molecule has 3 nitrogen and oxygen atoms in total. The van der Waals surface area contributed by atoms with Gasteiger partial charge in [-0.1, -0.05) is 17.4 Å². The van der Waals surface area contributed by atoms with Crippen molar-refractivity contribution in [3.05, 3.63) is 53.3 Å². The first-order chi connectivity index (χ1) is 10.0. The van der Waals surface area contributed by atoms with Crippen LogP contribution in [0.15, 0.2) is 41.3 Å². The Kier molecular flexibility index (Phi) is 3.65. The molecule has 0 unspecified atom stereocenters. The number of thiazole rings is 1. The maximum atomic E-state index is 13.7. The Labute approximate surface area is 130 Å². The van der Waals surface area contributed by atoms with Crippen LogP contribution in [0.1, 0.15) is 15.9 Å². The number of nitrogens with zero attached hydrogens (tertiary/aromatic N) is 1. The van der Waals surface area contributed by atoms with Gasteiger partial charge in [0.1, 0.15) is 5.82 Å². The summed E-state index contributed by atoms with van der Waals surface area (Å²) in [5, 5.41) is 3.08. The average molecular weight is 318 g/mol. The number of aromatic nitrogens is 1. The topological polar surface area (TPSA) is 42.0 Å². The van der Waals surface area contributed by atoms with Crippen molar-refractivity contribution in [2.75, 3.05) is 5.32 Å². The minimum absolute atomic E-state index is 0.0436. The number of halogens is 1. The second-order valence-electron chi connectivity index (χ2n) is 4.61. The fourth-order valence-corrected chi connectivity index (χ4v) is 3.10. The normalized spacial score (nSPS) is 10.8. The van der Waals surface area contributed by atoms with Gasteiger partial charge in [0.15, 0.2) is 5.13 Å². The Morgan fingerprint density at radius 3 is 2.90 bits per heavy atom. The van der Waals surface area contributed by atoms with Crippen LogP contribution in [-0.2, 0) is 0 Å². The van der Waals surface area contributed by atoms with E-state index < -0.39 is 11.7 Å². The fourth-order valence-electron chi connectivity index (χ4n) is 1.94. The molecule has 106 valence electrons. The summed E-state index contributed by atoms with van der Waals surface area (Å²) in [5.41, 5.74) is 1.89. The predicted molar refractivity (Wildman–Crippen MR) is 86.0 cm³/mol. The van der Waals surface area contributed by atoms with E-state index >= 15 is 0 Å². The fraction of sp³-hybridized carbons (Fsp3) is 0.0667. The van der Waals surface area contributed by atoms with Crippen LogP contribution in [0, 0.1) is 12.7 Å². The lowest BCUT2D eigenvalue weighted by atomic mass is 10.2. The van der Waals surface area contributed by atoms with E-state index in [2.05, 4.69) is 22.9 Å². The molecular formula is C15H11FN2OS2. The third-order valence-corrected chi connectivity index (χ3v) is 4.17. The van der Waals surface area contributed by atoms with Crippen molar-refractivity contribution in [3.8, 4) is 0 Å². The summed E-state index contributed by atoms with van der Waals surface area (Å²) in [4.78, 5) is 17.0. The summed E-state index contributed by atoms with van der Waals surface area (Å²) in [5.74, 6) is -1.11. The van der Waals surface area contributed by atoms with E-state index in [9.17, 15) is 9.18 Å². The largest absolute Gasteiger partial charge is 0.298 e. The lowest BCUT2D eigenvalue weighted by molar-refractivity contribution is 0.102. The first-order valence-electron chi connectivity index (χ1n) is 6.20. The number of anilines is 1. The van der Waals surface area contributed by atoms with Crippen molar-refractivity contribution in [1.29, 1.82) is 0 Å². The van der Waals surface area contributed by atoms with Crippen molar-refractivity contribution in [3.63, 3.8) is 0 Å². The number of carbonyl (C=O) groups is 1. The molecule has 0 atom stereocenters. The summed E-state index contributed by atoms with van der Waals surface area (Å²) in [6.07, 6.45) is 0. The van der Waals surface area contributed by atoms with Gasteiger partial charge in [-0.05, 0) is 42.8 Å². The number of nitrogens with one attached hydrogen (secondary N) is 1. The van der Waals surface area contributed by atoms with Gasteiger partial charge in [-0.25, -0.2) is 9.37 Å². The number of aryl methyl sites for hydroxylation is 1. The molecule has 0 fully saturated rings. The van der Waals surface area contributed by atoms with Crippen LogP contribution in [0.2, 0.25) is 0 Å². The van der Waals surface area contributed by atoms with Gasteiger partial charge in [0.2, 0.25) is 0 Å². The lowest BCUT2D eigenvalue weighted by Crippen LogP contribution is -2.13. The number of hydrogen-bond donors (Lipinski definition) is 2. The molecule has 3 rings (SSSR count). The zero-order valence-electron chi connectivity index (χ0n) is 11.1. The van der Waals surface area contributed by atoms with Gasteiger partial charge >= 0.3 is 0 Å². The zero-order valence-corrected chi connectivity index (χ0v) is 12.8. The summed E-state index contributed by atoms with van der Waals surface area (Å²) < 4.78 is 14.6. The molecule has 6 heteroatoms. The maximum Gasteiger partial charge on any atom is 0.260 e. The van der Waals surface area contributed by atoms with Crippen molar-refractivity contribution in [2.45, 2.75) is 11.8 Å². The van der Waals surface area contributed by atoms with Gasteiger partial charge in [-0.2, -0.15) is 0 Å². The molecule has 0 radical (unpaired) electrons. The lowest BCUT2D eigenvalue weighted by Gasteiger charge is -2.03. The zero-order chi connectivity index (χ0) is 15.0. The maximum absolute atomic E-state index is 13.7. The third kappa shape index (κ3) is 2.91. The smallest absolute Gasteiger partial charge is 0.260 e. The number of rotatable bonds is 2. The standard InChI is InChI=1S/C15H11FN2OS2/c1-8-2-5-12-13(6-8)21-15(17-12)18-14(19)10-7-9(20)3-4-11(10)16/h2-7,20H,1H3,(H,17,18,19). The summed E-state index contributed by atoms with van der Waals surface area (Å²) in [6.45, 7) is 1.99. The summed E-state index contributed by atoms with van der Waals surface area (Å²) in [6, 6.07) is 9.96. The van der Waals surface area contributed by atoms with Gasteiger partial charge in [0, 0.05) is 4.90 Å². The molecule has 0 bridgehead atoms. The molecular weight excluding hydrogens is 307 g/mol. The Hall–Kier alpha value is -1.92. The molecule has 0 spiro atoms. The Bertz CT molecular complexity index is 845. The van der Waals surface area contributed by atoms with Gasteiger partial charge in [0.25, 0.3) is 5.91 Å². The van der Waals surface area contributed by atoms with E-state index in [1.807, 2.05) is 25.1 Å². The molecule has 3 aromatic rings. The highest BCUT2D eigenvalue weighted by Crippen LogP contribution is 2.27. The number of fused-ring (bicyclic) bond motifs is 1. The van der Waals surface area contributed by atoms with Crippen LogP contribution < -0.4 is 5.32 Å². The van der Waals surface area contributed by atoms with E-state index in [0.29, 0.717) is 10.0 Å². The third-order valence-electron chi connectivity index (χ3n) is 2.96. The first kappa shape index (κ1) is 14.0. The van der Waals surface area contributed by atoms with Crippen molar-refractivity contribution < 1.29 is 9.18 Å². The summed E-state index contributed by atoms with van der Waals surface area (Å²) >= 11 is 5.47. The average Bonchev–Trinajstić information content (AvgIpc) is 2.82. The van der Waals surface area contributed by atoms with Gasteiger partial charge in [-0.15, -0.1) is 12.6 Å². The monoisotopic (exact) mass is 318 g/mol. The van der Waals surface area contributed by atoms with Crippen molar-refractivity contribution >= 4 is 45.2 Å². The molecule has 1 heterocycles. The highest BCUT2D eigenvalue weighted by molar-refractivity contribution is 7.80. The number of carbonyl (C=O) groups excluding carboxylic acids is 1. The SMILES string of the molecule is Cc1ccc2nc(NC(=O)c3cc(S)ccc3F)sc2c1. The first-order valence-corrected chi connectivity index (χ1v) is 7.46. The summed E-state index contributed by atoms with van der Waals surface area (Å²) in [7, 11) is 0. The van der Waals surface area contributed by atoms with E-state index in [4.69, 9.17) is 0 Å². The second kappa shape index (κ2) is 5.46. The predicted octanol–water partition coefficient (Wildman–Crippen LogP) is 4.28. The number of benzene rings is 2. The van der Waals surface area contributed by atoms with Crippen LogP contribution in [0.5, 0.6) is 0 Å². The number of thiol groups is 1. The van der Waals surface area contributed by atoms with Gasteiger partial charge < -0.3 is 0 Å². The van der Waals surface area contributed by atoms with E-state index in [-0.39, 0.29) is 5.56 Å². The number of amides is 1. The van der Waals surface area contributed by atoms with E-state index in [1.54, 1.807) is 0 Å².